The van der Waals surface area contributed by atoms with E-state index in [-0.39, 0.29) is 29.7 Å². The molecule has 0 aliphatic carbocycles. The third-order valence-electron chi connectivity index (χ3n) is 6.31. The highest BCUT2D eigenvalue weighted by atomic mass is 16.2. The van der Waals surface area contributed by atoms with Crippen molar-refractivity contribution in [2.24, 2.45) is 0 Å². The van der Waals surface area contributed by atoms with E-state index in [1.54, 1.807) is 11.1 Å². The van der Waals surface area contributed by atoms with E-state index in [1.165, 1.54) is 0 Å². The van der Waals surface area contributed by atoms with Gasteiger partial charge in [-0.1, -0.05) is 18.2 Å². The standard InChI is InChI=1S/C21H24N6O3/c28-17-6-5-16(19(29)25-17)26-10-15-4-1-3-14(18(15)20(26)30)9-22-11-21(12-23-13-21)27-8-2-7-24-27/h1-4,7-8,16,22-23H,5-6,9-13H2,(H,25,28,29). The molecule has 3 aliphatic heterocycles. The molecular weight excluding hydrogens is 384 g/mol. The first-order chi connectivity index (χ1) is 14.6. The van der Waals surface area contributed by atoms with Crippen molar-refractivity contribution in [3.63, 3.8) is 0 Å². The highest BCUT2D eigenvalue weighted by Crippen LogP contribution is 2.30. The average Bonchev–Trinajstić information content (AvgIpc) is 3.33. The van der Waals surface area contributed by atoms with Gasteiger partial charge in [0.05, 0.1) is 5.54 Å². The molecule has 3 aliphatic rings. The van der Waals surface area contributed by atoms with Crippen molar-refractivity contribution >= 4 is 17.7 Å². The van der Waals surface area contributed by atoms with E-state index in [4.69, 9.17) is 0 Å². The van der Waals surface area contributed by atoms with Gasteiger partial charge in [0.2, 0.25) is 11.8 Å². The second kappa shape index (κ2) is 7.33. The summed E-state index contributed by atoms with van der Waals surface area (Å²) in [5.41, 5.74) is 2.44. The molecule has 1 atom stereocenters. The molecule has 1 unspecified atom stereocenters. The van der Waals surface area contributed by atoms with Crippen LogP contribution < -0.4 is 16.0 Å². The van der Waals surface area contributed by atoms with Gasteiger partial charge in [0.1, 0.15) is 6.04 Å². The first kappa shape index (κ1) is 19.0. The molecule has 4 heterocycles. The first-order valence-corrected chi connectivity index (χ1v) is 10.2. The van der Waals surface area contributed by atoms with Crippen LogP contribution in [-0.2, 0) is 28.2 Å². The van der Waals surface area contributed by atoms with E-state index in [2.05, 4.69) is 21.0 Å². The summed E-state index contributed by atoms with van der Waals surface area (Å²) in [7, 11) is 0. The highest BCUT2D eigenvalue weighted by molar-refractivity contribution is 6.05. The summed E-state index contributed by atoms with van der Waals surface area (Å²) in [5, 5.41) is 13.6. The van der Waals surface area contributed by atoms with Gasteiger partial charge >= 0.3 is 0 Å². The number of piperidine rings is 1. The third-order valence-corrected chi connectivity index (χ3v) is 6.31. The number of amides is 3. The first-order valence-electron chi connectivity index (χ1n) is 10.2. The number of carbonyl (C=O) groups excluding carboxylic acids is 3. The second-order valence-corrected chi connectivity index (χ2v) is 8.23. The van der Waals surface area contributed by atoms with Crippen LogP contribution in [-0.4, -0.2) is 58.1 Å². The van der Waals surface area contributed by atoms with Crippen molar-refractivity contribution in [3.05, 3.63) is 53.3 Å². The Morgan fingerprint density at radius 1 is 1.20 bits per heavy atom. The molecule has 9 nitrogen and oxygen atoms in total. The number of hydrogen-bond acceptors (Lipinski definition) is 6. The molecule has 2 saturated heterocycles. The van der Waals surface area contributed by atoms with Crippen LogP contribution in [0.2, 0.25) is 0 Å². The zero-order chi connectivity index (χ0) is 20.7. The maximum absolute atomic E-state index is 13.2. The lowest BCUT2D eigenvalue weighted by atomic mass is 9.92. The number of carbonyl (C=O) groups is 3. The fourth-order valence-corrected chi connectivity index (χ4v) is 4.60. The maximum Gasteiger partial charge on any atom is 0.255 e. The lowest BCUT2D eigenvalue weighted by molar-refractivity contribution is -0.136. The zero-order valence-electron chi connectivity index (χ0n) is 16.6. The van der Waals surface area contributed by atoms with Crippen molar-refractivity contribution in [2.75, 3.05) is 19.6 Å². The van der Waals surface area contributed by atoms with Crippen molar-refractivity contribution in [3.8, 4) is 0 Å². The van der Waals surface area contributed by atoms with Crippen molar-refractivity contribution < 1.29 is 14.4 Å². The molecule has 5 rings (SSSR count). The van der Waals surface area contributed by atoms with Gasteiger partial charge in [-0.15, -0.1) is 0 Å². The number of hydrogen-bond donors (Lipinski definition) is 3. The number of rotatable bonds is 6. The quantitative estimate of drug-likeness (QED) is 0.568. The normalized spacial score (nSPS) is 22.6. The molecule has 1 aromatic carbocycles. The van der Waals surface area contributed by atoms with Crippen LogP contribution in [0.4, 0.5) is 0 Å². The molecule has 0 spiro atoms. The van der Waals surface area contributed by atoms with Gasteiger partial charge in [-0.25, -0.2) is 0 Å². The zero-order valence-corrected chi connectivity index (χ0v) is 16.6. The largest absolute Gasteiger partial charge is 0.322 e. The average molecular weight is 408 g/mol. The second-order valence-electron chi connectivity index (χ2n) is 8.23. The topological polar surface area (TPSA) is 108 Å². The smallest absolute Gasteiger partial charge is 0.255 e. The molecule has 0 saturated carbocycles. The molecule has 2 fully saturated rings. The Labute approximate surface area is 173 Å². The molecule has 2 aromatic rings. The lowest BCUT2D eigenvalue weighted by Crippen LogP contribution is -2.65. The van der Waals surface area contributed by atoms with E-state index < -0.39 is 6.04 Å². The fourth-order valence-electron chi connectivity index (χ4n) is 4.60. The van der Waals surface area contributed by atoms with Crippen LogP contribution >= 0.6 is 0 Å². The van der Waals surface area contributed by atoms with Crippen molar-refractivity contribution in [1.29, 1.82) is 0 Å². The Morgan fingerprint density at radius 2 is 2.07 bits per heavy atom. The number of aromatic nitrogens is 2. The predicted octanol–water partition coefficient (Wildman–Crippen LogP) is -0.268. The van der Waals surface area contributed by atoms with Crippen LogP contribution in [0.1, 0.15) is 34.3 Å². The Bertz CT molecular complexity index is 998. The minimum Gasteiger partial charge on any atom is -0.322 e. The van der Waals surface area contributed by atoms with Crippen molar-refractivity contribution in [1.82, 2.24) is 30.6 Å². The molecule has 0 bridgehead atoms. The Balaban J connectivity index is 1.29. The van der Waals surface area contributed by atoms with Gasteiger partial charge in [0.15, 0.2) is 0 Å². The molecule has 3 N–H and O–H groups in total. The van der Waals surface area contributed by atoms with E-state index in [9.17, 15) is 14.4 Å². The van der Waals surface area contributed by atoms with Crippen LogP contribution in [0, 0.1) is 0 Å². The SMILES string of the molecule is O=C1CCC(N2Cc3cccc(CNCC4(n5cccn5)CNC4)c3C2=O)C(=O)N1. The molecule has 3 amide bonds. The maximum atomic E-state index is 13.2. The number of benzene rings is 1. The van der Waals surface area contributed by atoms with Gasteiger partial charge in [0, 0.05) is 57.1 Å². The summed E-state index contributed by atoms with van der Waals surface area (Å²) in [6.07, 6.45) is 4.39. The minimum absolute atomic E-state index is 0.0930. The number of nitrogens with one attached hydrogen (secondary N) is 3. The number of imide groups is 1. The van der Waals surface area contributed by atoms with Gasteiger partial charge in [0.25, 0.3) is 5.91 Å². The van der Waals surface area contributed by atoms with Crippen molar-refractivity contribution in [2.45, 2.75) is 37.5 Å². The molecule has 9 heteroatoms. The van der Waals surface area contributed by atoms with Crippen LogP contribution in [0.15, 0.2) is 36.7 Å². The molecule has 30 heavy (non-hydrogen) atoms. The molecule has 0 radical (unpaired) electrons. The van der Waals surface area contributed by atoms with Gasteiger partial charge in [-0.2, -0.15) is 5.10 Å². The van der Waals surface area contributed by atoms with Crippen LogP contribution in [0.3, 0.4) is 0 Å². The third kappa shape index (κ3) is 3.10. The van der Waals surface area contributed by atoms with E-state index in [0.717, 1.165) is 30.8 Å². The van der Waals surface area contributed by atoms with Gasteiger partial charge < -0.3 is 15.5 Å². The van der Waals surface area contributed by atoms with E-state index >= 15 is 0 Å². The van der Waals surface area contributed by atoms with E-state index in [0.29, 0.717) is 25.1 Å². The summed E-state index contributed by atoms with van der Waals surface area (Å²) in [6, 6.07) is 7.17. The Kier molecular flexibility index (Phi) is 4.63. The van der Waals surface area contributed by atoms with Gasteiger partial charge in [-0.05, 0) is 23.6 Å². The highest BCUT2D eigenvalue weighted by Gasteiger charge is 2.41. The van der Waals surface area contributed by atoms with E-state index in [1.807, 2.05) is 35.1 Å². The Hall–Kier alpha value is -3.04. The fraction of sp³-hybridized carbons (Fsp3) is 0.429. The number of nitrogens with zero attached hydrogens (tertiary/aromatic N) is 3. The summed E-state index contributed by atoms with van der Waals surface area (Å²) < 4.78 is 1.99. The number of fused-ring (bicyclic) bond motifs is 1. The minimum atomic E-state index is -0.590. The monoisotopic (exact) mass is 408 g/mol. The summed E-state index contributed by atoms with van der Waals surface area (Å²) in [5.74, 6) is -0.795. The van der Waals surface area contributed by atoms with Gasteiger partial charge in [-0.3, -0.25) is 24.4 Å². The summed E-state index contributed by atoms with van der Waals surface area (Å²) in [6.45, 7) is 3.38. The van der Waals surface area contributed by atoms with Crippen LogP contribution in [0.25, 0.3) is 0 Å². The molecule has 1 aromatic heterocycles. The molecular formula is C21H24N6O3. The lowest BCUT2D eigenvalue weighted by Gasteiger charge is -2.43. The van der Waals surface area contributed by atoms with Crippen LogP contribution in [0.5, 0.6) is 0 Å². The Morgan fingerprint density at radius 3 is 2.77 bits per heavy atom. The summed E-state index contributed by atoms with van der Waals surface area (Å²) in [4.78, 5) is 38.5. The summed E-state index contributed by atoms with van der Waals surface area (Å²) >= 11 is 0. The molecule has 156 valence electrons. The predicted molar refractivity (Wildman–Crippen MR) is 107 cm³/mol.